The highest BCUT2D eigenvalue weighted by atomic mass is 31.2. The fraction of sp³-hybridized carbons (Fsp3) is 0.938. The number of rotatable bonds is 86. The van der Waals surface area contributed by atoms with Crippen molar-refractivity contribution in [1.82, 2.24) is 10.6 Å². The Labute approximate surface area is 760 Å². The second kappa shape index (κ2) is 77.1. The van der Waals surface area contributed by atoms with Gasteiger partial charge in [-0.1, -0.05) is 388 Å². The van der Waals surface area contributed by atoms with Gasteiger partial charge in [0.15, 0.2) is 30.9 Å². The Balaban J connectivity index is 2.85. The van der Waals surface area contributed by atoms with Gasteiger partial charge in [-0.25, -0.2) is 13.9 Å². The van der Waals surface area contributed by atoms with Crippen molar-refractivity contribution in [2.75, 3.05) is 13.2 Å². The Bertz CT molecular complexity index is 2790. The summed E-state index contributed by atoms with van der Waals surface area (Å²) < 4.78 is 80.0. The van der Waals surface area contributed by atoms with Crippen molar-refractivity contribution >= 4 is 51.3 Å². The van der Waals surface area contributed by atoms with E-state index in [1.807, 2.05) is 0 Å². The molecule has 2 fully saturated rings. The second-order valence-electron chi connectivity index (χ2n) is 36.4. The van der Waals surface area contributed by atoms with Crippen LogP contribution >= 0.6 is 15.6 Å². The number of phosphoric ester groups is 2. The normalized spacial score (nSPS) is 20.4. The van der Waals surface area contributed by atoms with Gasteiger partial charge in [-0.15, -0.1) is 0 Å². The van der Waals surface area contributed by atoms with Crippen molar-refractivity contribution in [2.24, 2.45) is 0 Å². The molecule has 5 unspecified atom stereocenters. The third-order valence-corrected chi connectivity index (χ3v) is 25.5. The molecule has 0 aromatic carbocycles. The van der Waals surface area contributed by atoms with Gasteiger partial charge in [0.2, 0.25) is 11.8 Å². The van der Waals surface area contributed by atoms with Crippen molar-refractivity contribution in [1.29, 1.82) is 0 Å². The molecule has 28 nitrogen and oxygen atoms in total. The van der Waals surface area contributed by atoms with E-state index in [0.717, 1.165) is 250 Å². The highest BCUT2D eigenvalue weighted by Gasteiger charge is 2.55. The Kier molecular flexibility index (Phi) is 72.6. The summed E-state index contributed by atoms with van der Waals surface area (Å²) in [7, 11) is -11.4. The molecule has 0 bridgehead atoms. The summed E-state index contributed by atoms with van der Waals surface area (Å²) in [5, 5.41) is 62.7. The van der Waals surface area contributed by atoms with Gasteiger partial charge in [0.25, 0.3) is 0 Å². The minimum Gasteiger partial charge on any atom is -0.462 e. The highest BCUT2D eigenvalue weighted by molar-refractivity contribution is 7.46. The maximum Gasteiger partial charge on any atom is 0.472 e. The van der Waals surface area contributed by atoms with Crippen LogP contribution in [0.15, 0.2) is 0 Å². The molecule has 2 rings (SSSR count). The Morgan fingerprint density at radius 2 is 0.659 bits per heavy atom. The van der Waals surface area contributed by atoms with E-state index in [1.54, 1.807) is 0 Å². The van der Waals surface area contributed by atoms with E-state index in [0.29, 0.717) is 44.9 Å². The zero-order valence-corrected chi connectivity index (χ0v) is 81.1. The molecule has 126 heavy (non-hydrogen) atoms. The number of amides is 2. The van der Waals surface area contributed by atoms with E-state index in [1.165, 1.54) is 70.6 Å². The van der Waals surface area contributed by atoms with Crippen molar-refractivity contribution in [3.8, 4) is 0 Å². The lowest BCUT2D eigenvalue weighted by atomic mass is 9.95. The first-order valence-corrected chi connectivity index (χ1v) is 53.9. The molecule has 2 aliphatic rings. The van der Waals surface area contributed by atoms with E-state index in [2.05, 4.69) is 52.2 Å². The fourth-order valence-corrected chi connectivity index (χ4v) is 18.0. The lowest BCUT2D eigenvalue weighted by Crippen LogP contribution is -2.68. The zero-order valence-electron chi connectivity index (χ0n) is 79.3. The van der Waals surface area contributed by atoms with E-state index >= 15 is 9.59 Å². The van der Waals surface area contributed by atoms with Crippen molar-refractivity contribution in [3.05, 3.63) is 0 Å². The van der Waals surface area contributed by atoms with Gasteiger partial charge in [0.05, 0.1) is 51.1 Å². The van der Waals surface area contributed by atoms with Crippen LogP contribution in [0.3, 0.4) is 0 Å². The topological polar surface area (TPSA) is 426 Å². The third kappa shape index (κ3) is 62.2. The molecular weight excluding hydrogens is 1660 g/mol. The first-order chi connectivity index (χ1) is 60.7. The Hall–Kier alpha value is -3.28. The molecule has 30 heteroatoms. The first kappa shape index (κ1) is 119. The maximum atomic E-state index is 15.2. The molecule has 2 saturated heterocycles. The number of unbranched alkanes of at least 4 members (excludes halogenated alkanes) is 51. The summed E-state index contributed by atoms with van der Waals surface area (Å²) in [6.07, 6.45) is 32.3. The van der Waals surface area contributed by atoms with Crippen molar-refractivity contribution in [3.63, 3.8) is 0 Å². The molecule has 0 aromatic heterocycles. The highest BCUT2D eigenvalue weighted by Crippen LogP contribution is 2.44. The molecule has 0 aliphatic carbocycles. The summed E-state index contributed by atoms with van der Waals surface area (Å²) in [6, 6.07) is -3.93. The van der Waals surface area contributed by atoms with Crippen LogP contribution in [-0.4, -0.2) is 186 Å². The SMILES string of the molecule is CCCCCCCCCCCCCCCC(=O)OC(CCCCCCCCCCC)CC(=O)O[C@@H]1[C@@H](NC(=O)CC(CCCCCCCCCCC)OC(=O)C(O)CCCCCCCCCCCC)[C@H](OC[C@H]2O[C@@H](OP(=O)(O)O)[C@H](NC(=O)CC(O)CCCCCCCCCCC)[C@@H](OC(=O)CC(O)CCCCCCCCC)[C@@H]2O)O[C@H](CO)[C@H]1OP(=O)(O)O. The van der Waals surface area contributed by atoms with E-state index in [-0.39, 0.29) is 38.5 Å². The zero-order chi connectivity index (χ0) is 92.7. The number of hydrogen-bond donors (Lipinski definition) is 11. The van der Waals surface area contributed by atoms with Crippen LogP contribution in [0.1, 0.15) is 472 Å². The van der Waals surface area contributed by atoms with Crippen molar-refractivity contribution in [2.45, 2.75) is 564 Å². The maximum absolute atomic E-state index is 15.2. The third-order valence-electron chi connectivity index (χ3n) is 24.5. The minimum atomic E-state index is -5.72. The van der Waals surface area contributed by atoms with Crippen LogP contribution in [0.4, 0.5) is 0 Å². The van der Waals surface area contributed by atoms with E-state index in [4.69, 9.17) is 42.2 Å². The number of hydrogen-bond acceptors (Lipinski definition) is 22. The molecule has 0 radical (unpaired) electrons. The van der Waals surface area contributed by atoms with Crippen LogP contribution < -0.4 is 10.6 Å². The van der Waals surface area contributed by atoms with Crippen LogP contribution in [0.25, 0.3) is 0 Å². The molecule has 0 aromatic rings. The number of ether oxygens (including phenoxy) is 7. The summed E-state index contributed by atoms with van der Waals surface area (Å²) in [5.74, 6) is -5.63. The number of carbonyl (C=O) groups excluding carboxylic acids is 6. The lowest BCUT2D eigenvalue weighted by Gasteiger charge is -2.47. The van der Waals surface area contributed by atoms with Gasteiger partial charge in [-0.3, -0.25) is 33.0 Å². The van der Waals surface area contributed by atoms with Gasteiger partial charge in [0, 0.05) is 6.42 Å². The number of nitrogens with one attached hydrogen (secondary N) is 2. The van der Waals surface area contributed by atoms with E-state index < -0.39 is 182 Å². The van der Waals surface area contributed by atoms with Crippen LogP contribution in [-0.2, 0) is 80.1 Å². The predicted octanol–water partition coefficient (Wildman–Crippen LogP) is 20.3. The van der Waals surface area contributed by atoms with E-state index in [9.17, 15) is 73.4 Å². The van der Waals surface area contributed by atoms with Gasteiger partial charge in [0.1, 0.15) is 48.7 Å². The largest absolute Gasteiger partial charge is 0.472 e. The Morgan fingerprint density at radius 1 is 0.341 bits per heavy atom. The quantitative estimate of drug-likeness (QED) is 0.0117. The van der Waals surface area contributed by atoms with Gasteiger partial charge >= 0.3 is 39.5 Å². The van der Waals surface area contributed by atoms with Gasteiger partial charge < -0.3 is 88.9 Å². The molecule has 0 spiro atoms. The Morgan fingerprint density at radius 3 is 1.05 bits per heavy atom. The van der Waals surface area contributed by atoms with Gasteiger partial charge in [-0.05, 0) is 51.4 Å². The smallest absolute Gasteiger partial charge is 0.462 e. The average Bonchev–Trinajstić information content (AvgIpc) is 0.776. The van der Waals surface area contributed by atoms with Crippen LogP contribution in [0, 0.1) is 0 Å². The average molecular weight is 1840 g/mol. The number of carbonyl (C=O) groups is 6. The second-order valence-corrected chi connectivity index (χ2v) is 38.8. The summed E-state index contributed by atoms with van der Waals surface area (Å²) in [4.78, 5) is 129. The number of esters is 4. The molecule has 2 amide bonds. The molecule has 0 saturated carbocycles. The molecule has 742 valence electrons. The molecule has 2 aliphatic heterocycles. The predicted molar refractivity (Wildman–Crippen MR) is 491 cm³/mol. The van der Waals surface area contributed by atoms with Crippen LogP contribution in [0.2, 0.25) is 0 Å². The molecule has 2 heterocycles. The summed E-state index contributed by atoms with van der Waals surface area (Å²) in [5.41, 5.74) is 0. The first-order valence-electron chi connectivity index (χ1n) is 50.8. The standard InChI is InChI=1S/C96H182N2O26P2/c1-7-13-19-25-31-36-38-39-40-45-51-57-63-69-85(105)117-79(67-61-55-49-43-35-29-23-17-11-5)73-87(107)122-93-89(98-84(104)72-78(66-60-54-48-42-34-28-22-16-10-4)118-94(109)80(102)68-62-56-50-44-37-32-26-20-14-8-2)95(119-81(74-99)91(93)123-125(110,111)112)116-75-82-90(108)92(121-86(106)71-77(101)65-59-52-46-30-24-18-12-6)88(96(120-82)124-126(113,114)115)97-83(103)70-76(100)64-58-53-47-41-33-27-21-15-9-3/h76-82,88-93,95-96,99-102,108H,7-75H2,1-6H3,(H,97,103)(H,98,104)(H2,110,111,112)(H2,113,114,115)/t76?,77?,78?,79?,80?,81-,82-,88-,89-,90-,91-,92-,93-,95-,96+/m1/s1. The van der Waals surface area contributed by atoms with Crippen molar-refractivity contribution < 1.29 is 125 Å². The minimum absolute atomic E-state index is 0.0639. The molecule has 11 N–H and O–H groups in total. The number of phosphoric acid groups is 2. The summed E-state index contributed by atoms with van der Waals surface area (Å²) >= 11 is 0. The summed E-state index contributed by atoms with van der Waals surface area (Å²) in [6.45, 7) is 10.8. The van der Waals surface area contributed by atoms with Crippen LogP contribution in [0.5, 0.6) is 0 Å². The fourth-order valence-electron chi connectivity index (χ4n) is 16.9. The lowest BCUT2D eigenvalue weighted by molar-refractivity contribution is -0.297. The number of aliphatic hydroxyl groups is 5. The molecular formula is C96H182N2O26P2. The molecule has 15 atom stereocenters. The number of aliphatic hydroxyl groups excluding tert-OH is 5. The van der Waals surface area contributed by atoms with Gasteiger partial charge in [-0.2, -0.15) is 0 Å². The monoisotopic (exact) mass is 1840 g/mol.